The molecule has 2 aromatic rings. The molecule has 0 radical (unpaired) electrons. The summed E-state index contributed by atoms with van der Waals surface area (Å²) in [5.74, 6) is 3.24. The third-order valence-electron chi connectivity index (χ3n) is 8.85. The first-order valence-corrected chi connectivity index (χ1v) is 14.2. The normalized spacial score (nSPS) is 26.0. The van der Waals surface area contributed by atoms with E-state index in [0.717, 1.165) is 53.2 Å². The molecule has 2 heterocycles. The molecule has 200 valence electrons. The summed E-state index contributed by atoms with van der Waals surface area (Å²) in [5, 5.41) is 3.42. The second-order valence-electron chi connectivity index (χ2n) is 11.6. The Morgan fingerprint density at radius 3 is 2.22 bits per heavy atom. The van der Waals surface area contributed by atoms with E-state index in [-0.39, 0.29) is 11.9 Å². The van der Waals surface area contributed by atoms with E-state index in [0.29, 0.717) is 17.2 Å². The number of likely N-dealkylation sites (tertiary alicyclic amines) is 1. The zero-order chi connectivity index (χ0) is 25.8. The number of carbonyl (C=O) groups is 1. The Kier molecular flexibility index (Phi) is 7.94. The van der Waals surface area contributed by atoms with Gasteiger partial charge in [-0.1, -0.05) is 38.2 Å². The van der Waals surface area contributed by atoms with E-state index >= 15 is 0 Å². The Morgan fingerprint density at radius 1 is 0.865 bits per heavy atom. The molecule has 37 heavy (non-hydrogen) atoms. The van der Waals surface area contributed by atoms with Gasteiger partial charge in [0.1, 0.15) is 23.0 Å². The van der Waals surface area contributed by atoms with Crippen LogP contribution in [-0.2, 0) is 4.79 Å². The van der Waals surface area contributed by atoms with Crippen molar-refractivity contribution in [3.63, 3.8) is 0 Å². The highest BCUT2D eigenvalue weighted by Gasteiger charge is 2.37. The van der Waals surface area contributed by atoms with Crippen LogP contribution in [0.15, 0.2) is 36.4 Å². The average molecular weight is 508 g/mol. The van der Waals surface area contributed by atoms with E-state index in [1.807, 2.05) is 36.4 Å². The van der Waals surface area contributed by atoms with Gasteiger partial charge in [-0.3, -0.25) is 4.79 Å². The van der Waals surface area contributed by atoms with Gasteiger partial charge in [-0.05, 0) is 37.1 Å². The fraction of sp³-hybridized carbons (Fsp3) is 0.581. The zero-order valence-corrected chi connectivity index (χ0v) is 22.8. The van der Waals surface area contributed by atoms with Gasteiger partial charge in [0, 0.05) is 42.0 Å². The van der Waals surface area contributed by atoms with Crippen LogP contribution >= 0.6 is 0 Å². The fourth-order valence-corrected chi connectivity index (χ4v) is 6.66. The molecule has 2 aliphatic heterocycles. The van der Waals surface area contributed by atoms with E-state index in [1.165, 1.54) is 51.5 Å². The second-order valence-corrected chi connectivity index (χ2v) is 11.6. The van der Waals surface area contributed by atoms with Gasteiger partial charge in [0.05, 0.1) is 46.8 Å². The topological polar surface area (TPSA) is 56.8 Å². The van der Waals surface area contributed by atoms with Crippen molar-refractivity contribution in [1.82, 2.24) is 5.32 Å². The number of quaternary nitrogens is 1. The highest BCUT2D eigenvalue weighted by atomic mass is 16.5. The van der Waals surface area contributed by atoms with Crippen LogP contribution in [0.3, 0.4) is 0 Å². The van der Waals surface area contributed by atoms with Crippen LogP contribution in [0.4, 0.5) is 0 Å². The van der Waals surface area contributed by atoms with E-state index < -0.39 is 5.92 Å². The number of fused-ring (bicyclic) bond motifs is 2. The number of piperidine rings is 1. The fourth-order valence-electron chi connectivity index (χ4n) is 6.66. The van der Waals surface area contributed by atoms with Crippen LogP contribution in [0.25, 0.3) is 0 Å². The maximum Gasteiger partial charge on any atom is 0.232 e. The minimum absolute atomic E-state index is 0.0327. The van der Waals surface area contributed by atoms with Crippen molar-refractivity contribution in [3.8, 4) is 23.0 Å². The molecule has 0 aromatic heterocycles. The molecule has 1 saturated heterocycles. The highest BCUT2D eigenvalue weighted by Crippen LogP contribution is 2.46. The van der Waals surface area contributed by atoms with Gasteiger partial charge in [0.25, 0.3) is 0 Å². The number of nitrogens with one attached hydrogen (secondary N) is 1. The maximum absolute atomic E-state index is 13.9. The van der Waals surface area contributed by atoms with Gasteiger partial charge < -0.3 is 24.0 Å². The molecule has 5 rings (SSSR count). The summed E-state index contributed by atoms with van der Waals surface area (Å²) < 4.78 is 18.2. The molecule has 0 spiro atoms. The number of ether oxygens (including phenoxy) is 3. The number of methoxy groups -OCH3 is 2. The van der Waals surface area contributed by atoms with Crippen molar-refractivity contribution in [2.24, 2.45) is 5.92 Å². The van der Waals surface area contributed by atoms with Crippen LogP contribution < -0.4 is 19.5 Å². The third kappa shape index (κ3) is 5.90. The molecule has 3 aliphatic rings. The molecular formula is C31H43N2O4+. The highest BCUT2D eigenvalue weighted by molar-refractivity contribution is 5.90. The van der Waals surface area contributed by atoms with E-state index in [2.05, 4.69) is 12.4 Å². The van der Waals surface area contributed by atoms with Crippen LogP contribution in [0.2, 0.25) is 0 Å². The summed E-state index contributed by atoms with van der Waals surface area (Å²) >= 11 is 0. The summed E-state index contributed by atoms with van der Waals surface area (Å²) in [4.78, 5) is 13.9. The zero-order valence-electron chi connectivity index (χ0n) is 22.8. The number of amides is 1. The van der Waals surface area contributed by atoms with Crippen LogP contribution in [-0.4, -0.2) is 57.3 Å². The molecule has 1 atom stereocenters. The predicted molar refractivity (Wildman–Crippen MR) is 146 cm³/mol. The molecular weight excluding hydrogens is 464 g/mol. The lowest BCUT2D eigenvalue weighted by Crippen LogP contribution is -2.56. The van der Waals surface area contributed by atoms with Crippen molar-refractivity contribution < 1.29 is 23.5 Å². The quantitative estimate of drug-likeness (QED) is 0.485. The van der Waals surface area contributed by atoms with Crippen molar-refractivity contribution in [3.05, 3.63) is 47.5 Å². The van der Waals surface area contributed by atoms with Gasteiger partial charge in [0.15, 0.2) is 0 Å². The molecule has 1 saturated carbocycles. The van der Waals surface area contributed by atoms with Gasteiger partial charge in [0.2, 0.25) is 5.91 Å². The number of rotatable bonds is 6. The Morgan fingerprint density at radius 2 is 1.51 bits per heavy atom. The SMILES string of the molecule is COc1ccc2c(c1)Oc1ccc(OC)cc1C2C(=O)NC1CC[N+](C)(CC2CCCCCCC2)CC1. The average Bonchev–Trinajstić information content (AvgIpc) is 2.89. The summed E-state index contributed by atoms with van der Waals surface area (Å²) in [5.41, 5.74) is 1.70. The first-order chi connectivity index (χ1) is 18.0. The third-order valence-corrected chi connectivity index (χ3v) is 8.85. The lowest BCUT2D eigenvalue weighted by molar-refractivity contribution is -0.917. The molecule has 1 aliphatic carbocycles. The summed E-state index contributed by atoms with van der Waals surface area (Å²) in [6.07, 6.45) is 11.9. The lowest BCUT2D eigenvalue weighted by Gasteiger charge is -2.43. The van der Waals surface area contributed by atoms with Gasteiger partial charge in [-0.15, -0.1) is 0 Å². The van der Waals surface area contributed by atoms with Crippen molar-refractivity contribution in [1.29, 1.82) is 0 Å². The predicted octanol–water partition coefficient (Wildman–Crippen LogP) is 6.03. The molecule has 6 nitrogen and oxygen atoms in total. The number of benzene rings is 2. The van der Waals surface area contributed by atoms with Gasteiger partial charge >= 0.3 is 0 Å². The number of hydrogen-bond acceptors (Lipinski definition) is 4. The van der Waals surface area contributed by atoms with Crippen LogP contribution in [0, 0.1) is 5.92 Å². The Labute approximate surface area is 221 Å². The molecule has 1 unspecified atom stereocenters. The van der Waals surface area contributed by atoms with Gasteiger partial charge in [-0.2, -0.15) is 0 Å². The monoisotopic (exact) mass is 507 g/mol. The Hall–Kier alpha value is -2.73. The molecule has 0 bridgehead atoms. The van der Waals surface area contributed by atoms with E-state index in [1.54, 1.807) is 14.2 Å². The summed E-state index contributed by atoms with van der Waals surface area (Å²) in [6.45, 7) is 3.56. The minimum atomic E-state index is -0.447. The Bertz CT molecular complexity index is 1080. The van der Waals surface area contributed by atoms with Crippen LogP contribution in [0.5, 0.6) is 23.0 Å². The van der Waals surface area contributed by atoms with Crippen molar-refractivity contribution in [2.75, 3.05) is 40.9 Å². The summed E-state index contributed by atoms with van der Waals surface area (Å²) in [7, 11) is 5.72. The minimum Gasteiger partial charge on any atom is -0.497 e. The molecule has 6 heteroatoms. The number of hydrogen-bond donors (Lipinski definition) is 1. The van der Waals surface area contributed by atoms with E-state index in [9.17, 15) is 4.79 Å². The van der Waals surface area contributed by atoms with Crippen LogP contribution in [0.1, 0.15) is 74.8 Å². The van der Waals surface area contributed by atoms with Gasteiger partial charge in [-0.25, -0.2) is 0 Å². The summed E-state index contributed by atoms with van der Waals surface area (Å²) in [6, 6.07) is 11.6. The first kappa shape index (κ1) is 25.9. The van der Waals surface area contributed by atoms with Crippen molar-refractivity contribution in [2.45, 2.75) is 69.7 Å². The molecule has 1 amide bonds. The maximum atomic E-state index is 13.9. The second kappa shape index (κ2) is 11.3. The largest absolute Gasteiger partial charge is 0.497 e. The first-order valence-electron chi connectivity index (χ1n) is 14.2. The number of nitrogens with zero attached hydrogens (tertiary/aromatic N) is 1. The molecule has 2 aromatic carbocycles. The molecule has 2 fully saturated rings. The standard InChI is InChI=1S/C31H42N2O4/c1-33(21-22-9-7-5-4-6-8-10-22)17-15-23(16-18-33)32-31(34)30-26-13-11-25(36-3)20-29(26)37-28-14-12-24(35-2)19-27(28)30/h11-14,19-20,22-23,30H,4-10,15-18,21H2,1-3H3/p+1. The lowest BCUT2D eigenvalue weighted by atomic mass is 9.86. The molecule has 1 N–H and O–H groups in total. The number of carbonyl (C=O) groups excluding carboxylic acids is 1. The van der Waals surface area contributed by atoms with E-state index in [4.69, 9.17) is 14.2 Å². The Balaban J connectivity index is 1.28. The smallest absolute Gasteiger partial charge is 0.232 e. The van der Waals surface area contributed by atoms with Crippen molar-refractivity contribution >= 4 is 5.91 Å².